The lowest BCUT2D eigenvalue weighted by Gasteiger charge is -2.12. The molecule has 0 unspecified atom stereocenters. The highest BCUT2D eigenvalue weighted by molar-refractivity contribution is 7.92. The third kappa shape index (κ3) is 9.08. The number of sulfonamides is 1. The summed E-state index contributed by atoms with van der Waals surface area (Å²) in [6, 6.07) is 4.85. The van der Waals surface area contributed by atoms with Crippen LogP contribution in [-0.4, -0.2) is 26.7 Å². The molecule has 0 spiro atoms. The molecule has 0 aliphatic heterocycles. The molecule has 1 rings (SSSR count). The first-order valence-electron chi connectivity index (χ1n) is 9.39. The molecule has 26 heavy (non-hydrogen) atoms. The van der Waals surface area contributed by atoms with E-state index in [2.05, 4.69) is 29.2 Å². The fourth-order valence-corrected chi connectivity index (χ4v) is 3.21. The normalized spacial score (nSPS) is 11.4. The topological polar surface area (TPSA) is 87.3 Å². The maximum atomic E-state index is 11.9. The lowest BCUT2D eigenvalue weighted by Crippen LogP contribution is -2.29. The second kappa shape index (κ2) is 11.1. The Kier molecular flexibility index (Phi) is 9.48. The van der Waals surface area contributed by atoms with E-state index in [4.69, 9.17) is 0 Å². The molecular weight excluding hydrogens is 350 g/mol. The molecule has 7 heteroatoms. The van der Waals surface area contributed by atoms with E-state index in [1.54, 1.807) is 32.0 Å². The van der Waals surface area contributed by atoms with Gasteiger partial charge >= 0.3 is 6.03 Å². The van der Waals surface area contributed by atoms with Crippen molar-refractivity contribution in [1.82, 2.24) is 5.32 Å². The predicted molar refractivity (Wildman–Crippen MR) is 109 cm³/mol. The van der Waals surface area contributed by atoms with Crippen LogP contribution in [0, 0.1) is 12.8 Å². The van der Waals surface area contributed by atoms with E-state index < -0.39 is 10.0 Å². The second-order valence-corrected chi connectivity index (χ2v) is 9.02. The Labute approximate surface area is 158 Å². The van der Waals surface area contributed by atoms with Crippen molar-refractivity contribution in [3.8, 4) is 0 Å². The van der Waals surface area contributed by atoms with Gasteiger partial charge in [-0.3, -0.25) is 4.72 Å². The first-order valence-corrected chi connectivity index (χ1v) is 11.0. The lowest BCUT2D eigenvalue weighted by atomic mass is 10.0. The van der Waals surface area contributed by atoms with Crippen molar-refractivity contribution in [1.29, 1.82) is 0 Å². The van der Waals surface area contributed by atoms with Gasteiger partial charge in [-0.1, -0.05) is 39.5 Å². The molecule has 0 heterocycles. The maximum Gasteiger partial charge on any atom is 0.319 e. The van der Waals surface area contributed by atoms with Crippen molar-refractivity contribution in [2.45, 2.75) is 59.8 Å². The highest BCUT2D eigenvalue weighted by Gasteiger charge is 2.10. The molecule has 2 amide bonds. The molecule has 1 aromatic carbocycles. The standard InChI is InChI=1S/C19H33N3O3S/c1-5-26(24,25)22-18-12-11-17(14-16(18)4)21-19(23)20-13-9-7-6-8-10-15(2)3/h11-12,14-15,22H,5-10,13H2,1-4H3,(H2,20,21,23). The van der Waals surface area contributed by atoms with Crippen molar-refractivity contribution in [2.24, 2.45) is 5.92 Å². The van der Waals surface area contributed by atoms with Crippen molar-refractivity contribution >= 4 is 27.4 Å². The van der Waals surface area contributed by atoms with E-state index in [1.165, 1.54) is 19.3 Å². The van der Waals surface area contributed by atoms with Crippen molar-refractivity contribution in [3.05, 3.63) is 23.8 Å². The molecule has 0 bridgehead atoms. The van der Waals surface area contributed by atoms with Gasteiger partial charge in [-0.25, -0.2) is 13.2 Å². The fraction of sp³-hybridized carbons (Fsp3) is 0.632. The van der Waals surface area contributed by atoms with Crippen LogP contribution in [0.1, 0.15) is 58.4 Å². The van der Waals surface area contributed by atoms with Gasteiger partial charge in [-0.05, 0) is 49.9 Å². The molecule has 3 N–H and O–H groups in total. The number of rotatable bonds is 11. The molecule has 0 aromatic heterocycles. The van der Waals surface area contributed by atoms with Crippen LogP contribution < -0.4 is 15.4 Å². The molecule has 0 aliphatic carbocycles. The Balaban J connectivity index is 2.35. The van der Waals surface area contributed by atoms with Crippen LogP contribution in [0.15, 0.2) is 18.2 Å². The average molecular weight is 384 g/mol. The quantitative estimate of drug-likeness (QED) is 0.492. The van der Waals surface area contributed by atoms with Gasteiger partial charge in [-0.2, -0.15) is 0 Å². The minimum Gasteiger partial charge on any atom is -0.338 e. The monoisotopic (exact) mass is 383 g/mol. The van der Waals surface area contributed by atoms with Crippen LogP contribution in [0.2, 0.25) is 0 Å². The van der Waals surface area contributed by atoms with E-state index in [-0.39, 0.29) is 11.8 Å². The molecule has 0 aliphatic rings. The number of carbonyl (C=O) groups excluding carboxylic acids is 1. The molecule has 0 atom stereocenters. The molecule has 0 saturated heterocycles. The van der Waals surface area contributed by atoms with Gasteiger partial charge in [-0.15, -0.1) is 0 Å². The summed E-state index contributed by atoms with van der Waals surface area (Å²) in [4.78, 5) is 11.9. The lowest BCUT2D eigenvalue weighted by molar-refractivity contribution is 0.252. The summed E-state index contributed by atoms with van der Waals surface area (Å²) in [6.07, 6.45) is 5.81. The van der Waals surface area contributed by atoms with Gasteiger partial charge in [0.05, 0.1) is 11.4 Å². The van der Waals surface area contributed by atoms with Crippen LogP contribution in [0.4, 0.5) is 16.2 Å². The highest BCUT2D eigenvalue weighted by atomic mass is 32.2. The molecule has 148 valence electrons. The number of nitrogens with one attached hydrogen (secondary N) is 3. The van der Waals surface area contributed by atoms with E-state index in [9.17, 15) is 13.2 Å². The molecule has 0 radical (unpaired) electrons. The SMILES string of the molecule is CCS(=O)(=O)Nc1ccc(NC(=O)NCCCCCCC(C)C)cc1C. The summed E-state index contributed by atoms with van der Waals surface area (Å²) in [5, 5.41) is 5.63. The number of urea groups is 1. The summed E-state index contributed by atoms with van der Waals surface area (Å²) in [6.45, 7) is 8.51. The van der Waals surface area contributed by atoms with Gasteiger partial charge in [0, 0.05) is 12.2 Å². The summed E-state index contributed by atoms with van der Waals surface area (Å²) in [5.74, 6) is 0.776. The summed E-state index contributed by atoms with van der Waals surface area (Å²) in [5.41, 5.74) is 1.92. The molecular formula is C19H33N3O3S. The largest absolute Gasteiger partial charge is 0.338 e. The van der Waals surface area contributed by atoms with Crippen LogP contribution in [0.5, 0.6) is 0 Å². The Morgan fingerprint density at radius 2 is 1.81 bits per heavy atom. The van der Waals surface area contributed by atoms with E-state index in [0.717, 1.165) is 24.3 Å². The van der Waals surface area contributed by atoms with Crippen LogP contribution in [0.3, 0.4) is 0 Å². The third-order valence-corrected chi connectivity index (χ3v) is 5.41. The predicted octanol–water partition coefficient (Wildman–Crippen LogP) is 4.48. The summed E-state index contributed by atoms with van der Waals surface area (Å²) >= 11 is 0. The molecule has 6 nitrogen and oxygen atoms in total. The number of carbonyl (C=O) groups is 1. The second-order valence-electron chi connectivity index (χ2n) is 7.01. The first kappa shape index (κ1) is 22.3. The minimum atomic E-state index is -3.31. The van der Waals surface area contributed by atoms with Crippen LogP contribution in [-0.2, 0) is 10.0 Å². The van der Waals surface area contributed by atoms with Crippen LogP contribution in [0.25, 0.3) is 0 Å². The number of hydrogen-bond acceptors (Lipinski definition) is 3. The van der Waals surface area contributed by atoms with Crippen LogP contribution >= 0.6 is 0 Å². The maximum absolute atomic E-state index is 11.9. The molecule has 1 aromatic rings. The van der Waals surface area contributed by atoms with Crippen molar-refractivity contribution < 1.29 is 13.2 Å². The van der Waals surface area contributed by atoms with Crippen molar-refractivity contribution in [2.75, 3.05) is 22.3 Å². The minimum absolute atomic E-state index is 0.0202. The third-order valence-electron chi connectivity index (χ3n) is 4.12. The van der Waals surface area contributed by atoms with E-state index >= 15 is 0 Å². The Hall–Kier alpha value is -1.76. The van der Waals surface area contributed by atoms with Gasteiger partial charge in [0.2, 0.25) is 10.0 Å². The van der Waals surface area contributed by atoms with E-state index in [0.29, 0.717) is 17.9 Å². The zero-order chi connectivity index (χ0) is 19.6. The van der Waals surface area contributed by atoms with E-state index in [1.807, 2.05) is 0 Å². The number of benzene rings is 1. The average Bonchev–Trinajstić information content (AvgIpc) is 2.56. The number of aryl methyl sites for hydroxylation is 1. The first-order chi connectivity index (χ1) is 12.2. The number of unbranched alkanes of at least 4 members (excludes halogenated alkanes) is 3. The smallest absolute Gasteiger partial charge is 0.319 e. The van der Waals surface area contributed by atoms with Gasteiger partial charge < -0.3 is 10.6 Å². The summed E-state index contributed by atoms with van der Waals surface area (Å²) < 4.78 is 25.8. The van der Waals surface area contributed by atoms with Crippen molar-refractivity contribution in [3.63, 3.8) is 0 Å². The number of amides is 2. The summed E-state index contributed by atoms with van der Waals surface area (Å²) in [7, 11) is -3.31. The van der Waals surface area contributed by atoms with Gasteiger partial charge in [0.25, 0.3) is 0 Å². The fourth-order valence-electron chi connectivity index (χ4n) is 2.50. The molecule has 0 fully saturated rings. The van der Waals surface area contributed by atoms with Gasteiger partial charge in [0.15, 0.2) is 0 Å². The molecule has 0 saturated carbocycles. The Morgan fingerprint density at radius 3 is 2.42 bits per heavy atom. The zero-order valence-electron chi connectivity index (χ0n) is 16.4. The Morgan fingerprint density at radius 1 is 1.12 bits per heavy atom. The van der Waals surface area contributed by atoms with Gasteiger partial charge in [0.1, 0.15) is 0 Å². The number of anilines is 2. The number of hydrogen-bond donors (Lipinski definition) is 3. The highest BCUT2D eigenvalue weighted by Crippen LogP contribution is 2.20. The zero-order valence-corrected chi connectivity index (χ0v) is 17.2. The Bertz CT molecular complexity index is 673.